The first-order valence-corrected chi connectivity index (χ1v) is 11.6. The minimum atomic E-state index is 0.285. The average molecular weight is 472 g/mol. The van der Waals surface area contributed by atoms with Crippen LogP contribution in [0.1, 0.15) is 17.1 Å². The zero-order valence-electron chi connectivity index (χ0n) is 20.0. The van der Waals surface area contributed by atoms with Crippen LogP contribution in [0.25, 0.3) is 6.08 Å². The van der Waals surface area contributed by atoms with Crippen molar-refractivity contribution in [1.29, 1.82) is 0 Å². The van der Waals surface area contributed by atoms with E-state index in [0.29, 0.717) is 23.9 Å². The molecule has 1 aliphatic heterocycles. The number of likely N-dealkylation sites (N-methyl/N-ethyl adjacent to an activating group) is 1. The van der Waals surface area contributed by atoms with Crippen molar-refractivity contribution >= 4 is 23.5 Å². The van der Waals surface area contributed by atoms with Gasteiger partial charge in [-0.2, -0.15) is 15.1 Å². The number of aryl methyl sites for hydroxylation is 1. The number of H-pyrrole nitrogens is 1. The number of rotatable bonds is 8. The van der Waals surface area contributed by atoms with Gasteiger partial charge in [0.25, 0.3) is 0 Å². The van der Waals surface area contributed by atoms with Crippen molar-refractivity contribution in [2.45, 2.75) is 13.5 Å². The number of anilines is 3. The van der Waals surface area contributed by atoms with Crippen LogP contribution in [0.3, 0.4) is 0 Å². The van der Waals surface area contributed by atoms with E-state index in [4.69, 9.17) is 9.72 Å². The van der Waals surface area contributed by atoms with Gasteiger partial charge in [0.1, 0.15) is 23.2 Å². The van der Waals surface area contributed by atoms with Crippen LogP contribution in [0.4, 0.5) is 17.5 Å². The predicted molar refractivity (Wildman–Crippen MR) is 136 cm³/mol. The lowest BCUT2D eigenvalue weighted by Gasteiger charge is -2.33. The van der Waals surface area contributed by atoms with Gasteiger partial charge < -0.3 is 24.4 Å². The van der Waals surface area contributed by atoms with Gasteiger partial charge in [0.2, 0.25) is 0 Å². The van der Waals surface area contributed by atoms with E-state index < -0.39 is 0 Å². The van der Waals surface area contributed by atoms with Crippen LogP contribution in [-0.4, -0.2) is 67.8 Å². The highest BCUT2D eigenvalue weighted by molar-refractivity contribution is 5.58. The van der Waals surface area contributed by atoms with Gasteiger partial charge in [-0.1, -0.05) is 18.7 Å². The summed E-state index contributed by atoms with van der Waals surface area (Å²) in [5.74, 6) is 3.65. The van der Waals surface area contributed by atoms with E-state index in [2.05, 4.69) is 48.9 Å². The molecule has 10 nitrogen and oxygen atoms in total. The summed E-state index contributed by atoms with van der Waals surface area (Å²) >= 11 is 0. The molecule has 0 aliphatic carbocycles. The lowest BCUT2D eigenvalue weighted by Crippen LogP contribution is -2.44. The molecule has 1 saturated heterocycles. The molecule has 180 valence electrons. The van der Waals surface area contributed by atoms with Gasteiger partial charge >= 0.3 is 6.01 Å². The number of nitrogens with zero attached hydrogens (tertiary/aromatic N) is 7. The third kappa shape index (κ3) is 5.49. The number of aromatic amines is 1. The first kappa shape index (κ1) is 22.6. The number of piperazine rings is 1. The highest BCUT2D eigenvalue weighted by atomic mass is 16.5. The fourth-order valence-corrected chi connectivity index (χ4v) is 3.94. The van der Waals surface area contributed by atoms with Crippen LogP contribution >= 0.6 is 0 Å². The highest BCUT2D eigenvalue weighted by Crippen LogP contribution is 2.26. The predicted octanol–water partition coefficient (Wildman–Crippen LogP) is 3.68. The number of aromatic nitrogens is 6. The molecule has 0 atom stereocenters. The van der Waals surface area contributed by atoms with Gasteiger partial charge in [0.05, 0.1) is 0 Å². The first-order chi connectivity index (χ1) is 17.1. The molecule has 5 rings (SSSR count). The van der Waals surface area contributed by atoms with Crippen LogP contribution in [0, 0.1) is 6.92 Å². The van der Waals surface area contributed by atoms with Crippen molar-refractivity contribution in [1.82, 2.24) is 34.6 Å². The number of nitrogens with one attached hydrogen (secondary N) is 2. The Morgan fingerprint density at radius 2 is 1.89 bits per heavy atom. The number of imidazole rings is 1. The highest BCUT2D eigenvalue weighted by Gasteiger charge is 2.18. The summed E-state index contributed by atoms with van der Waals surface area (Å²) in [7, 11) is 2.13. The van der Waals surface area contributed by atoms with Gasteiger partial charge in [0, 0.05) is 62.9 Å². The topological polar surface area (TPSA) is 100 Å². The van der Waals surface area contributed by atoms with Crippen LogP contribution < -0.4 is 15.0 Å². The molecule has 1 fully saturated rings. The first-order valence-electron chi connectivity index (χ1n) is 11.6. The van der Waals surface area contributed by atoms with Gasteiger partial charge in [0.15, 0.2) is 5.82 Å². The van der Waals surface area contributed by atoms with Crippen LogP contribution in [0.2, 0.25) is 0 Å². The Morgan fingerprint density at radius 3 is 2.60 bits per heavy atom. The molecule has 2 N–H and O–H groups in total. The van der Waals surface area contributed by atoms with Gasteiger partial charge in [-0.15, -0.1) is 0 Å². The van der Waals surface area contributed by atoms with E-state index in [9.17, 15) is 0 Å². The minimum absolute atomic E-state index is 0.285. The summed E-state index contributed by atoms with van der Waals surface area (Å²) in [5.41, 5.74) is 2.09. The molecule has 1 aliphatic rings. The molecule has 4 heterocycles. The molecule has 3 aromatic heterocycles. The number of benzene rings is 1. The molecule has 0 unspecified atom stereocenters. The maximum absolute atomic E-state index is 6.09. The van der Waals surface area contributed by atoms with E-state index >= 15 is 0 Å². The maximum Gasteiger partial charge on any atom is 0.325 e. The molecule has 1 aromatic carbocycles. The Hall–Kier alpha value is -4.18. The van der Waals surface area contributed by atoms with E-state index in [-0.39, 0.29) is 6.01 Å². The number of ether oxygens (including phenoxy) is 1. The maximum atomic E-state index is 6.09. The summed E-state index contributed by atoms with van der Waals surface area (Å²) in [6.45, 7) is 10.2. The van der Waals surface area contributed by atoms with E-state index in [0.717, 1.165) is 49.1 Å². The third-order valence-corrected chi connectivity index (χ3v) is 5.90. The Kier molecular flexibility index (Phi) is 6.44. The van der Waals surface area contributed by atoms with Crippen molar-refractivity contribution in [3.05, 3.63) is 72.5 Å². The van der Waals surface area contributed by atoms with Crippen LogP contribution in [0.15, 0.2) is 55.4 Å². The fraction of sp³-hybridized carbons (Fsp3) is 0.280. The standard InChI is InChI=1S/C25H29N9O/c1-4-23-26-9-10-34(23)17-19-5-7-20(8-6-19)35-25-28-21(27-22-15-18(2)30-31-22)16-24(29-25)33-13-11-32(3)12-14-33/h4-10,15-16H,1,11-14,17H2,2-3H3,(H2,27,28,29,30,31). The summed E-state index contributed by atoms with van der Waals surface area (Å²) < 4.78 is 8.13. The van der Waals surface area contributed by atoms with E-state index in [1.165, 1.54) is 0 Å². The Morgan fingerprint density at radius 1 is 1.09 bits per heavy atom. The zero-order valence-corrected chi connectivity index (χ0v) is 20.0. The summed E-state index contributed by atoms with van der Waals surface area (Å²) in [6, 6.07) is 12.1. The molecule has 35 heavy (non-hydrogen) atoms. The Labute approximate surface area is 204 Å². The molecule has 0 amide bonds. The summed E-state index contributed by atoms with van der Waals surface area (Å²) in [6.07, 6.45) is 5.46. The van der Waals surface area contributed by atoms with E-state index in [1.54, 1.807) is 12.3 Å². The lowest BCUT2D eigenvalue weighted by molar-refractivity contribution is 0.311. The monoisotopic (exact) mass is 471 g/mol. The molecule has 10 heteroatoms. The lowest BCUT2D eigenvalue weighted by atomic mass is 10.2. The minimum Gasteiger partial charge on any atom is -0.424 e. The molecule has 0 spiro atoms. The molecular formula is C25H29N9O. The molecule has 0 bridgehead atoms. The number of hydrogen-bond acceptors (Lipinski definition) is 8. The second-order valence-corrected chi connectivity index (χ2v) is 8.61. The smallest absolute Gasteiger partial charge is 0.325 e. The second-order valence-electron chi connectivity index (χ2n) is 8.61. The second kappa shape index (κ2) is 9.98. The summed E-state index contributed by atoms with van der Waals surface area (Å²) in [4.78, 5) is 18.1. The third-order valence-electron chi connectivity index (χ3n) is 5.90. The molecule has 4 aromatic rings. The van der Waals surface area contributed by atoms with Crippen molar-refractivity contribution < 1.29 is 4.74 Å². The Bertz CT molecular complexity index is 1290. The van der Waals surface area contributed by atoms with Gasteiger partial charge in [-0.25, -0.2) is 4.98 Å². The quantitative estimate of drug-likeness (QED) is 0.401. The Balaban J connectivity index is 1.36. The summed E-state index contributed by atoms with van der Waals surface area (Å²) in [5, 5.41) is 10.5. The SMILES string of the molecule is C=Cc1nccn1Cc1ccc(Oc2nc(Nc3cc(C)[nH]n3)cc(N3CCN(C)CC3)n2)cc1. The van der Waals surface area contributed by atoms with Crippen molar-refractivity contribution in [2.75, 3.05) is 43.4 Å². The van der Waals surface area contributed by atoms with E-state index in [1.807, 2.05) is 54.1 Å². The van der Waals surface area contributed by atoms with Crippen molar-refractivity contribution in [3.63, 3.8) is 0 Å². The number of hydrogen-bond donors (Lipinski definition) is 2. The van der Waals surface area contributed by atoms with Gasteiger partial charge in [-0.05, 0) is 37.7 Å². The molecular weight excluding hydrogens is 442 g/mol. The fourth-order valence-electron chi connectivity index (χ4n) is 3.94. The largest absolute Gasteiger partial charge is 0.424 e. The normalized spacial score (nSPS) is 14.2. The molecule has 0 saturated carbocycles. The average Bonchev–Trinajstić information content (AvgIpc) is 3.48. The van der Waals surface area contributed by atoms with Crippen LogP contribution in [-0.2, 0) is 6.54 Å². The van der Waals surface area contributed by atoms with Crippen molar-refractivity contribution in [2.24, 2.45) is 0 Å². The van der Waals surface area contributed by atoms with Gasteiger partial charge in [-0.3, -0.25) is 5.10 Å². The van der Waals surface area contributed by atoms with Crippen LogP contribution in [0.5, 0.6) is 11.8 Å². The zero-order chi connectivity index (χ0) is 24.2. The van der Waals surface area contributed by atoms with Crippen molar-refractivity contribution in [3.8, 4) is 11.8 Å². The molecule has 0 radical (unpaired) electrons.